The molecule has 2 N–H and O–H groups in total. The van der Waals surface area contributed by atoms with Gasteiger partial charge in [-0.2, -0.15) is 0 Å². The van der Waals surface area contributed by atoms with E-state index in [9.17, 15) is 9.59 Å². The molecular formula is C11H10Cl2N2O3. The van der Waals surface area contributed by atoms with Gasteiger partial charge in [-0.15, -0.1) is 0 Å². The van der Waals surface area contributed by atoms with Crippen LogP contribution in [0.5, 0.6) is 0 Å². The van der Waals surface area contributed by atoms with Gasteiger partial charge in [0.1, 0.15) is 6.04 Å². The maximum Gasteiger partial charge on any atom is 0.408 e. The minimum absolute atomic E-state index is 0.227. The van der Waals surface area contributed by atoms with Crippen LogP contribution in [-0.2, 0) is 4.79 Å². The number of benzene rings is 1. The summed E-state index contributed by atoms with van der Waals surface area (Å²) in [6.45, 7) is 0.525. The maximum atomic E-state index is 11.8. The summed E-state index contributed by atoms with van der Waals surface area (Å²) in [4.78, 5) is 24.0. The molecule has 1 saturated heterocycles. The van der Waals surface area contributed by atoms with Crippen LogP contribution in [0.2, 0.25) is 10.0 Å². The lowest BCUT2D eigenvalue weighted by Crippen LogP contribution is -2.51. The third kappa shape index (κ3) is 2.37. The van der Waals surface area contributed by atoms with Crippen molar-refractivity contribution in [2.45, 2.75) is 6.04 Å². The molecular weight excluding hydrogens is 279 g/mol. The number of piperazine rings is 1. The van der Waals surface area contributed by atoms with Crippen molar-refractivity contribution in [1.82, 2.24) is 10.2 Å². The summed E-state index contributed by atoms with van der Waals surface area (Å²) in [5, 5.41) is 12.4. The smallest absolute Gasteiger partial charge is 0.408 e. The SMILES string of the molecule is O=C1NCCN(C(=O)O)C1c1ccc(Cl)cc1Cl. The quantitative estimate of drug-likeness (QED) is 0.832. The Morgan fingerprint density at radius 1 is 1.44 bits per heavy atom. The van der Waals surface area contributed by atoms with E-state index >= 15 is 0 Å². The number of hydrogen-bond acceptors (Lipinski definition) is 2. The summed E-state index contributed by atoms with van der Waals surface area (Å²) < 4.78 is 0. The zero-order chi connectivity index (χ0) is 13.3. The van der Waals surface area contributed by atoms with Gasteiger partial charge in [-0.25, -0.2) is 4.79 Å². The van der Waals surface area contributed by atoms with Crippen molar-refractivity contribution in [3.05, 3.63) is 33.8 Å². The Balaban J connectivity index is 2.43. The number of halogens is 2. The summed E-state index contributed by atoms with van der Waals surface area (Å²) in [6, 6.07) is 3.70. The van der Waals surface area contributed by atoms with E-state index in [4.69, 9.17) is 28.3 Å². The van der Waals surface area contributed by atoms with E-state index in [1.165, 1.54) is 6.07 Å². The van der Waals surface area contributed by atoms with Gasteiger partial charge in [0, 0.05) is 28.7 Å². The number of carbonyl (C=O) groups excluding carboxylic acids is 1. The van der Waals surface area contributed by atoms with E-state index in [0.717, 1.165) is 4.90 Å². The second-order valence-electron chi connectivity index (χ2n) is 3.84. The van der Waals surface area contributed by atoms with E-state index in [1.54, 1.807) is 12.1 Å². The fourth-order valence-electron chi connectivity index (χ4n) is 1.91. The highest BCUT2D eigenvalue weighted by Gasteiger charge is 2.35. The summed E-state index contributed by atoms with van der Waals surface area (Å²) in [7, 11) is 0. The van der Waals surface area contributed by atoms with Crippen LogP contribution in [0.15, 0.2) is 18.2 Å². The number of carboxylic acid groups (broad SMARTS) is 1. The first-order valence-corrected chi connectivity index (χ1v) is 5.98. The minimum Gasteiger partial charge on any atom is -0.465 e. The molecule has 0 aliphatic carbocycles. The number of nitrogens with zero attached hydrogens (tertiary/aromatic N) is 1. The van der Waals surface area contributed by atoms with Crippen LogP contribution in [0, 0.1) is 0 Å². The fraction of sp³-hybridized carbons (Fsp3) is 0.273. The summed E-state index contributed by atoms with van der Waals surface area (Å²) in [6.07, 6.45) is -1.15. The third-order valence-electron chi connectivity index (χ3n) is 2.71. The lowest BCUT2D eigenvalue weighted by atomic mass is 10.0. The monoisotopic (exact) mass is 288 g/mol. The summed E-state index contributed by atoms with van der Waals surface area (Å²) in [5.41, 5.74) is 0.431. The minimum atomic E-state index is -1.15. The largest absolute Gasteiger partial charge is 0.465 e. The standard InChI is InChI=1S/C11H10Cl2N2O3/c12-6-1-2-7(8(13)5-6)9-10(16)14-3-4-15(9)11(17)18/h1-2,5,9H,3-4H2,(H,14,16)(H,17,18). The van der Waals surface area contributed by atoms with Gasteiger partial charge in [-0.1, -0.05) is 29.3 Å². The molecule has 0 aromatic heterocycles. The Morgan fingerprint density at radius 3 is 2.78 bits per heavy atom. The molecule has 1 aliphatic heterocycles. The van der Waals surface area contributed by atoms with Crippen LogP contribution in [0.1, 0.15) is 11.6 Å². The van der Waals surface area contributed by atoms with Crippen molar-refractivity contribution in [1.29, 1.82) is 0 Å². The summed E-state index contributed by atoms with van der Waals surface area (Å²) in [5.74, 6) is -0.382. The lowest BCUT2D eigenvalue weighted by molar-refractivity contribution is -0.128. The van der Waals surface area contributed by atoms with E-state index in [-0.39, 0.29) is 17.5 Å². The van der Waals surface area contributed by atoms with Crippen LogP contribution in [-0.4, -0.2) is 35.1 Å². The number of amides is 2. The van der Waals surface area contributed by atoms with Crippen LogP contribution >= 0.6 is 23.2 Å². The molecule has 2 amide bonds. The molecule has 1 unspecified atom stereocenters. The molecule has 1 aromatic rings. The Bertz CT molecular complexity index is 507. The highest BCUT2D eigenvalue weighted by Crippen LogP contribution is 2.31. The predicted octanol–water partition coefficient (Wildman–Crippen LogP) is 2.14. The van der Waals surface area contributed by atoms with Gasteiger partial charge in [0.15, 0.2) is 0 Å². The molecule has 1 fully saturated rings. The van der Waals surface area contributed by atoms with Crippen molar-refractivity contribution in [2.75, 3.05) is 13.1 Å². The Kier molecular flexibility index (Phi) is 3.63. The normalized spacial score (nSPS) is 19.6. The van der Waals surface area contributed by atoms with Gasteiger partial charge < -0.3 is 10.4 Å². The van der Waals surface area contributed by atoms with Crippen molar-refractivity contribution < 1.29 is 14.7 Å². The first kappa shape index (κ1) is 13.0. The molecule has 0 radical (unpaired) electrons. The van der Waals surface area contributed by atoms with E-state index in [0.29, 0.717) is 17.1 Å². The second kappa shape index (κ2) is 5.04. The highest BCUT2D eigenvalue weighted by atomic mass is 35.5. The molecule has 96 valence electrons. The molecule has 1 aliphatic rings. The van der Waals surface area contributed by atoms with E-state index in [1.807, 2.05) is 0 Å². The summed E-state index contributed by atoms with van der Waals surface area (Å²) >= 11 is 11.8. The van der Waals surface area contributed by atoms with Gasteiger partial charge in [-0.3, -0.25) is 9.69 Å². The van der Waals surface area contributed by atoms with Gasteiger partial charge >= 0.3 is 6.09 Å². The van der Waals surface area contributed by atoms with Crippen molar-refractivity contribution in [2.24, 2.45) is 0 Å². The number of rotatable bonds is 1. The van der Waals surface area contributed by atoms with Crippen molar-refractivity contribution in [3.8, 4) is 0 Å². The molecule has 2 rings (SSSR count). The predicted molar refractivity (Wildman–Crippen MR) is 66.9 cm³/mol. The zero-order valence-electron chi connectivity index (χ0n) is 9.19. The molecule has 0 bridgehead atoms. The fourth-order valence-corrected chi connectivity index (χ4v) is 2.42. The van der Waals surface area contributed by atoms with Crippen molar-refractivity contribution in [3.63, 3.8) is 0 Å². The number of hydrogen-bond donors (Lipinski definition) is 2. The van der Waals surface area contributed by atoms with Gasteiger partial charge in [0.2, 0.25) is 5.91 Å². The maximum absolute atomic E-state index is 11.8. The first-order valence-electron chi connectivity index (χ1n) is 5.23. The van der Waals surface area contributed by atoms with Crippen LogP contribution in [0.3, 0.4) is 0 Å². The molecule has 18 heavy (non-hydrogen) atoms. The van der Waals surface area contributed by atoms with Gasteiger partial charge in [0.25, 0.3) is 0 Å². The van der Waals surface area contributed by atoms with Gasteiger partial charge in [-0.05, 0) is 12.1 Å². The number of nitrogens with one attached hydrogen (secondary N) is 1. The van der Waals surface area contributed by atoms with Crippen LogP contribution in [0.25, 0.3) is 0 Å². The Labute approximate surface area is 113 Å². The highest BCUT2D eigenvalue weighted by molar-refractivity contribution is 6.35. The average Bonchev–Trinajstić information content (AvgIpc) is 2.29. The van der Waals surface area contributed by atoms with E-state index in [2.05, 4.69) is 5.32 Å². The van der Waals surface area contributed by atoms with E-state index < -0.39 is 12.1 Å². The Morgan fingerprint density at radius 2 is 2.17 bits per heavy atom. The second-order valence-corrected chi connectivity index (χ2v) is 4.68. The molecule has 5 nitrogen and oxygen atoms in total. The molecule has 0 spiro atoms. The van der Waals surface area contributed by atoms with Crippen molar-refractivity contribution >= 4 is 35.2 Å². The van der Waals surface area contributed by atoms with Crippen LogP contribution < -0.4 is 5.32 Å². The zero-order valence-corrected chi connectivity index (χ0v) is 10.7. The molecule has 7 heteroatoms. The molecule has 1 aromatic carbocycles. The molecule has 1 heterocycles. The van der Waals surface area contributed by atoms with Gasteiger partial charge in [0.05, 0.1) is 0 Å². The Hall–Kier alpha value is -1.46. The van der Waals surface area contributed by atoms with Crippen LogP contribution in [0.4, 0.5) is 4.79 Å². The average molecular weight is 289 g/mol. The molecule has 0 saturated carbocycles. The third-order valence-corrected chi connectivity index (χ3v) is 3.28. The molecule has 1 atom stereocenters. The first-order chi connectivity index (χ1) is 8.50. The topological polar surface area (TPSA) is 69.6 Å². The number of carbonyl (C=O) groups is 2. The lowest BCUT2D eigenvalue weighted by Gasteiger charge is -2.33.